The predicted molar refractivity (Wildman–Crippen MR) is 114 cm³/mol. The number of aromatic nitrogens is 3. The summed E-state index contributed by atoms with van der Waals surface area (Å²) in [6.45, 7) is 4.56. The minimum absolute atomic E-state index is 0.190. The van der Waals surface area contributed by atoms with E-state index in [1.54, 1.807) is 53.1 Å². The quantitative estimate of drug-likeness (QED) is 0.389. The van der Waals surface area contributed by atoms with Crippen LogP contribution in [-0.2, 0) is 25.2 Å². The number of Topliss-reactive ketones (excluding diaryl/α,β-unsaturated/α-hetero) is 2. The summed E-state index contributed by atoms with van der Waals surface area (Å²) in [6.07, 6.45) is 0. The highest BCUT2D eigenvalue weighted by molar-refractivity contribution is 8.01. The zero-order valence-electron chi connectivity index (χ0n) is 16.8. The smallest absolute Gasteiger partial charge is 0.197 e. The Labute approximate surface area is 179 Å². The Hall–Kier alpha value is -2.78. The maximum absolute atomic E-state index is 12.9. The van der Waals surface area contributed by atoms with Crippen LogP contribution in [0.1, 0.15) is 25.2 Å². The SMILES string of the molecule is CC(=O)C(Sc1nnc(CS(=O)(=O)c2ccc(C)cc2)n1-c1ccccc1)C(C)=O. The van der Waals surface area contributed by atoms with Gasteiger partial charge in [-0.1, -0.05) is 47.7 Å². The van der Waals surface area contributed by atoms with Gasteiger partial charge in [-0.25, -0.2) is 8.42 Å². The van der Waals surface area contributed by atoms with Crippen molar-refractivity contribution in [3.63, 3.8) is 0 Å². The molecule has 0 aliphatic rings. The molecule has 156 valence electrons. The van der Waals surface area contributed by atoms with Gasteiger partial charge in [0.25, 0.3) is 0 Å². The van der Waals surface area contributed by atoms with Crippen LogP contribution in [0.4, 0.5) is 0 Å². The molecule has 0 aliphatic carbocycles. The molecule has 0 aliphatic heterocycles. The van der Waals surface area contributed by atoms with Crippen LogP contribution in [0.3, 0.4) is 0 Å². The Morgan fingerprint density at radius 3 is 2.13 bits per heavy atom. The lowest BCUT2D eigenvalue weighted by atomic mass is 10.2. The Morgan fingerprint density at radius 1 is 0.967 bits per heavy atom. The van der Waals surface area contributed by atoms with Gasteiger partial charge in [-0.15, -0.1) is 10.2 Å². The third-order valence-corrected chi connectivity index (χ3v) is 7.38. The molecule has 0 spiro atoms. The van der Waals surface area contributed by atoms with Crippen molar-refractivity contribution in [2.24, 2.45) is 0 Å². The van der Waals surface area contributed by atoms with Crippen LogP contribution in [-0.4, -0.2) is 40.0 Å². The van der Waals surface area contributed by atoms with Crippen molar-refractivity contribution in [3.05, 3.63) is 66.0 Å². The van der Waals surface area contributed by atoms with Gasteiger partial charge in [-0.2, -0.15) is 0 Å². The first kappa shape index (κ1) is 21.9. The van der Waals surface area contributed by atoms with E-state index in [-0.39, 0.29) is 33.2 Å². The van der Waals surface area contributed by atoms with E-state index in [1.807, 2.05) is 13.0 Å². The van der Waals surface area contributed by atoms with Gasteiger partial charge >= 0.3 is 0 Å². The number of aryl methyl sites for hydroxylation is 1. The first-order valence-electron chi connectivity index (χ1n) is 9.16. The van der Waals surface area contributed by atoms with Gasteiger partial charge in [0.05, 0.1) is 4.90 Å². The van der Waals surface area contributed by atoms with Gasteiger partial charge in [0.2, 0.25) is 0 Å². The highest BCUT2D eigenvalue weighted by Crippen LogP contribution is 2.28. The number of thioether (sulfide) groups is 1. The first-order chi connectivity index (χ1) is 14.2. The molecule has 0 bridgehead atoms. The van der Waals surface area contributed by atoms with Crippen LogP contribution in [0.15, 0.2) is 64.6 Å². The van der Waals surface area contributed by atoms with E-state index in [0.717, 1.165) is 17.3 Å². The molecule has 0 atom stereocenters. The van der Waals surface area contributed by atoms with Crippen LogP contribution in [0.5, 0.6) is 0 Å². The summed E-state index contributed by atoms with van der Waals surface area (Å²) in [5, 5.41) is 7.53. The van der Waals surface area contributed by atoms with Gasteiger partial charge in [-0.3, -0.25) is 14.2 Å². The van der Waals surface area contributed by atoms with Crippen LogP contribution < -0.4 is 0 Å². The summed E-state index contributed by atoms with van der Waals surface area (Å²) in [4.78, 5) is 24.0. The van der Waals surface area contributed by atoms with Crippen LogP contribution in [0.2, 0.25) is 0 Å². The summed E-state index contributed by atoms with van der Waals surface area (Å²) in [5.74, 6) is -0.772. The minimum atomic E-state index is -3.67. The number of carbonyl (C=O) groups is 2. The summed E-state index contributed by atoms with van der Waals surface area (Å²) in [7, 11) is -3.67. The second-order valence-corrected chi connectivity index (χ2v) is 9.92. The molecule has 9 heteroatoms. The molecule has 1 heterocycles. The number of carbonyl (C=O) groups excluding carboxylic acids is 2. The largest absolute Gasteiger partial charge is 0.298 e. The Balaban J connectivity index is 2.05. The van der Waals surface area contributed by atoms with Crippen molar-refractivity contribution in [2.45, 2.75) is 41.8 Å². The fourth-order valence-corrected chi connectivity index (χ4v) is 5.05. The zero-order valence-corrected chi connectivity index (χ0v) is 18.4. The van der Waals surface area contributed by atoms with E-state index in [9.17, 15) is 18.0 Å². The highest BCUT2D eigenvalue weighted by Gasteiger charge is 2.27. The average Bonchev–Trinajstić information content (AvgIpc) is 3.08. The number of hydrogen-bond donors (Lipinski definition) is 0. The molecule has 30 heavy (non-hydrogen) atoms. The molecular weight excluding hydrogens is 422 g/mol. The van der Waals surface area contributed by atoms with E-state index in [2.05, 4.69) is 10.2 Å². The first-order valence-corrected chi connectivity index (χ1v) is 11.7. The second-order valence-electron chi connectivity index (χ2n) is 6.86. The highest BCUT2D eigenvalue weighted by atomic mass is 32.2. The molecule has 0 unspecified atom stereocenters. The van der Waals surface area contributed by atoms with E-state index in [1.165, 1.54) is 13.8 Å². The van der Waals surface area contributed by atoms with Crippen LogP contribution >= 0.6 is 11.8 Å². The number of sulfone groups is 1. The fourth-order valence-electron chi connectivity index (χ4n) is 2.86. The summed E-state index contributed by atoms with van der Waals surface area (Å²) < 4.78 is 27.5. The lowest BCUT2D eigenvalue weighted by Gasteiger charge is -2.13. The Morgan fingerprint density at radius 2 is 1.57 bits per heavy atom. The second kappa shape index (κ2) is 8.93. The van der Waals surface area contributed by atoms with Gasteiger partial charge in [-0.05, 0) is 45.0 Å². The molecule has 7 nitrogen and oxygen atoms in total. The fraction of sp³-hybridized carbons (Fsp3) is 0.238. The van der Waals surface area contributed by atoms with Crippen molar-refractivity contribution in [2.75, 3.05) is 0 Å². The number of para-hydroxylation sites is 1. The minimum Gasteiger partial charge on any atom is -0.298 e. The number of rotatable bonds is 8. The van der Waals surface area contributed by atoms with Gasteiger partial charge < -0.3 is 0 Å². The summed E-state index contributed by atoms with van der Waals surface area (Å²) >= 11 is 0.966. The standard InChI is InChI=1S/C21H21N3O4S2/c1-14-9-11-18(12-10-14)30(27,28)13-19-22-23-21(29-20(15(2)25)16(3)26)24(19)17-7-5-4-6-8-17/h4-12,20H,13H2,1-3H3. The number of ketones is 2. The zero-order chi connectivity index (χ0) is 21.9. The van der Waals surface area contributed by atoms with E-state index in [0.29, 0.717) is 5.69 Å². The number of hydrogen-bond acceptors (Lipinski definition) is 7. The normalized spacial score (nSPS) is 11.6. The van der Waals surface area contributed by atoms with Gasteiger partial charge in [0, 0.05) is 5.69 Å². The van der Waals surface area contributed by atoms with Gasteiger partial charge in [0.15, 0.2) is 32.4 Å². The van der Waals surface area contributed by atoms with E-state index >= 15 is 0 Å². The third-order valence-electron chi connectivity index (χ3n) is 4.38. The van der Waals surface area contributed by atoms with Crippen molar-refractivity contribution in [3.8, 4) is 5.69 Å². The van der Waals surface area contributed by atoms with Crippen molar-refractivity contribution in [1.82, 2.24) is 14.8 Å². The molecule has 0 saturated heterocycles. The molecule has 1 aromatic heterocycles. The molecular formula is C21H21N3O4S2. The monoisotopic (exact) mass is 443 g/mol. The third kappa shape index (κ3) is 4.85. The Bertz CT molecular complexity index is 1160. The molecule has 3 rings (SSSR count). The Kier molecular flexibility index (Phi) is 6.52. The molecule has 0 saturated carbocycles. The number of nitrogens with zero attached hydrogens (tertiary/aromatic N) is 3. The molecule has 0 amide bonds. The molecule has 2 aromatic carbocycles. The lowest BCUT2D eigenvalue weighted by molar-refractivity contribution is -0.123. The predicted octanol–water partition coefficient (Wildman–Crippen LogP) is 3.19. The average molecular weight is 444 g/mol. The van der Waals surface area contributed by atoms with Crippen LogP contribution in [0, 0.1) is 6.92 Å². The maximum Gasteiger partial charge on any atom is 0.197 e. The maximum atomic E-state index is 12.9. The van der Waals surface area contributed by atoms with Gasteiger partial charge in [0.1, 0.15) is 11.0 Å². The topological polar surface area (TPSA) is 99.0 Å². The van der Waals surface area contributed by atoms with E-state index < -0.39 is 15.1 Å². The summed E-state index contributed by atoms with van der Waals surface area (Å²) in [6, 6.07) is 15.6. The molecule has 0 fully saturated rings. The molecule has 3 aromatic rings. The van der Waals surface area contributed by atoms with Crippen molar-refractivity contribution < 1.29 is 18.0 Å². The number of benzene rings is 2. The molecule has 0 N–H and O–H groups in total. The summed E-state index contributed by atoms with van der Waals surface area (Å²) in [5.41, 5.74) is 1.60. The van der Waals surface area contributed by atoms with E-state index in [4.69, 9.17) is 0 Å². The van der Waals surface area contributed by atoms with Crippen LogP contribution in [0.25, 0.3) is 5.69 Å². The van der Waals surface area contributed by atoms with Crippen molar-refractivity contribution >= 4 is 33.2 Å². The van der Waals surface area contributed by atoms with Crippen molar-refractivity contribution in [1.29, 1.82) is 0 Å². The lowest BCUT2D eigenvalue weighted by Crippen LogP contribution is -2.23. The molecule has 0 radical (unpaired) electrons.